The summed E-state index contributed by atoms with van der Waals surface area (Å²) in [4.78, 5) is 19.3. The molecular formula is C23H23F3N4O3S. The average molecular weight is 493 g/mol. The zero-order chi connectivity index (χ0) is 24.3. The van der Waals surface area contributed by atoms with E-state index in [1.165, 1.54) is 23.5 Å². The molecule has 2 aromatic heterocycles. The number of likely N-dealkylation sites (N-methyl/N-ethyl adjacent to an activating group) is 1. The van der Waals surface area contributed by atoms with Gasteiger partial charge in [0.25, 0.3) is 0 Å². The lowest BCUT2D eigenvalue weighted by molar-refractivity contribution is -0.137. The Morgan fingerprint density at radius 3 is 2.65 bits per heavy atom. The molecule has 0 bridgehead atoms. The monoisotopic (exact) mass is 492 g/mol. The van der Waals surface area contributed by atoms with Crippen LogP contribution in [-0.4, -0.2) is 43.3 Å². The van der Waals surface area contributed by atoms with E-state index in [9.17, 15) is 18.0 Å². The number of methoxy groups -OCH3 is 1. The molecule has 0 aliphatic carbocycles. The Bertz CT molecular complexity index is 1300. The average Bonchev–Trinajstić information content (AvgIpc) is 3.43. The van der Waals surface area contributed by atoms with E-state index in [-0.39, 0.29) is 12.0 Å². The van der Waals surface area contributed by atoms with Gasteiger partial charge in [-0.2, -0.15) is 13.2 Å². The molecule has 0 aliphatic heterocycles. The highest BCUT2D eigenvalue weighted by atomic mass is 32.1. The number of rotatable bonds is 9. The molecule has 0 aliphatic rings. The lowest BCUT2D eigenvalue weighted by Gasteiger charge is -2.27. The van der Waals surface area contributed by atoms with Crippen LogP contribution in [-0.2, 0) is 10.9 Å². The minimum Gasteiger partial charge on any atom is -0.408 e. The lowest BCUT2D eigenvalue weighted by atomic mass is 9.91. The number of nitrogens with one attached hydrogen (secondary N) is 3. The topological polar surface area (TPSA) is 92.2 Å². The smallest absolute Gasteiger partial charge is 0.408 e. The van der Waals surface area contributed by atoms with Crippen LogP contribution >= 0.6 is 11.3 Å². The lowest BCUT2D eigenvalue weighted by Crippen LogP contribution is -2.40. The molecule has 180 valence electrons. The number of halogens is 3. The first-order valence-corrected chi connectivity index (χ1v) is 11.3. The molecule has 4 rings (SSSR count). The van der Waals surface area contributed by atoms with Gasteiger partial charge >= 0.3 is 11.9 Å². The van der Waals surface area contributed by atoms with Crippen molar-refractivity contribution < 1.29 is 22.3 Å². The standard InChI is InChI=1S/C23H23F3N4O3S/c1-27-18(16(12-32-2)13-3-6-15(7-4-13)23(24,25)26)10-28-21-29-11-20(34-21)14-5-8-17-19(9-14)33-22(31)30-17/h3-9,11,16,18,27H,10,12H2,1-2H3,(H,28,29)(H,30,31)/t16-,18+/m0/s1. The number of ether oxygens (including phenoxy) is 1. The van der Waals surface area contributed by atoms with E-state index in [0.29, 0.717) is 29.4 Å². The third kappa shape index (κ3) is 5.32. The quantitative estimate of drug-likeness (QED) is 0.314. The third-order valence-electron chi connectivity index (χ3n) is 5.55. The second kappa shape index (κ2) is 10.00. The van der Waals surface area contributed by atoms with Crippen molar-refractivity contribution in [2.45, 2.75) is 18.1 Å². The molecule has 0 amide bonds. The van der Waals surface area contributed by atoms with Gasteiger partial charge in [0.2, 0.25) is 0 Å². The van der Waals surface area contributed by atoms with Crippen LogP contribution < -0.4 is 16.4 Å². The molecule has 34 heavy (non-hydrogen) atoms. The van der Waals surface area contributed by atoms with Crippen molar-refractivity contribution >= 4 is 27.6 Å². The fourth-order valence-electron chi connectivity index (χ4n) is 3.77. The predicted molar refractivity (Wildman–Crippen MR) is 125 cm³/mol. The maximum absolute atomic E-state index is 12.9. The SMILES string of the molecule is CN[C@H](CNc1ncc(-c2ccc3[nH]c(=O)oc3c2)s1)[C@@H](COC)c1ccc(C(F)(F)F)cc1. The zero-order valence-corrected chi connectivity index (χ0v) is 19.2. The maximum Gasteiger partial charge on any atom is 0.417 e. The number of anilines is 1. The molecule has 3 N–H and O–H groups in total. The maximum atomic E-state index is 12.9. The minimum absolute atomic E-state index is 0.130. The molecule has 7 nitrogen and oxygen atoms in total. The van der Waals surface area contributed by atoms with E-state index in [1.54, 1.807) is 32.5 Å². The number of hydrogen-bond donors (Lipinski definition) is 3. The van der Waals surface area contributed by atoms with Crippen LogP contribution in [0, 0.1) is 0 Å². The van der Waals surface area contributed by atoms with E-state index < -0.39 is 17.5 Å². The van der Waals surface area contributed by atoms with Crippen LogP contribution in [0.3, 0.4) is 0 Å². The normalized spacial score (nSPS) is 13.8. The van der Waals surface area contributed by atoms with E-state index in [4.69, 9.17) is 9.15 Å². The summed E-state index contributed by atoms with van der Waals surface area (Å²) in [5, 5.41) is 7.22. The molecule has 0 fully saturated rings. The molecule has 0 radical (unpaired) electrons. The first-order chi connectivity index (χ1) is 16.3. The first-order valence-electron chi connectivity index (χ1n) is 10.4. The zero-order valence-electron chi connectivity index (χ0n) is 18.4. The van der Waals surface area contributed by atoms with Gasteiger partial charge in [-0.3, -0.25) is 4.98 Å². The molecule has 2 aromatic carbocycles. The Hall–Kier alpha value is -3.15. The second-order valence-corrected chi connectivity index (χ2v) is 8.74. The molecule has 0 spiro atoms. The van der Waals surface area contributed by atoms with Crippen molar-refractivity contribution in [3.05, 3.63) is 70.3 Å². The van der Waals surface area contributed by atoms with Gasteiger partial charge in [0, 0.05) is 31.8 Å². The molecule has 0 unspecified atom stereocenters. The fourth-order valence-corrected chi connectivity index (χ4v) is 4.59. The number of aromatic nitrogens is 2. The summed E-state index contributed by atoms with van der Waals surface area (Å²) in [5.41, 5.74) is 2.03. The van der Waals surface area contributed by atoms with Crippen LogP contribution in [0.5, 0.6) is 0 Å². The Kier molecular flexibility index (Phi) is 7.05. The van der Waals surface area contributed by atoms with Gasteiger partial charge in [-0.15, -0.1) is 0 Å². The highest BCUT2D eigenvalue weighted by molar-refractivity contribution is 7.18. The number of fused-ring (bicyclic) bond motifs is 1. The number of hydrogen-bond acceptors (Lipinski definition) is 7. The van der Waals surface area contributed by atoms with Gasteiger partial charge in [-0.25, -0.2) is 9.78 Å². The van der Waals surface area contributed by atoms with Crippen LogP contribution in [0.15, 0.2) is 57.9 Å². The summed E-state index contributed by atoms with van der Waals surface area (Å²) in [6.45, 7) is 0.813. The number of nitrogens with zero attached hydrogens (tertiary/aromatic N) is 1. The predicted octanol–water partition coefficient (Wildman–Crippen LogP) is 4.69. The molecular weight excluding hydrogens is 469 g/mol. The van der Waals surface area contributed by atoms with E-state index >= 15 is 0 Å². The molecule has 0 saturated heterocycles. The third-order valence-corrected chi connectivity index (χ3v) is 6.56. The second-order valence-electron chi connectivity index (χ2n) is 7.71. The first kappa shape index (κ1) is 24.0. The number of alkyl halides is 3. The molecule has 4 aromatic rings. The minimum atomic E-state index is -4.38. The summed E-state index contributed by atoms with van der Waals surface area (Å²) in [5.74, 6) is -0.682. The Labute approximate surface area is 197 Å². The summed E-state index contributed by atoms with van der Waals surface area (Å²) in [6.07, 6.45) is -2.64. The van der Waals surface area contributed by atoms with E-state index in [0.717, 1.165) is 28.1 Å². The number of H-pyrrole nitrogens is 1. The van der Waals surface area contributed by atoms with Crippen molar-refractivity contribution in [3.63, 3.8) is 0 Å². The van der Waals surface area contributed by atoms with Gasteiger partial charge in [0.05, 0.1) is 22.6 Å². The largest absolute Gasteiger partial charge is 0.417 e. The van der Waals surface area contributed by atoms with Crippen LogP contribution in [0.1, 0.15) is 17.0 Å². The van der Waals surface area contributed by atoms with Gasteiger partial charge in [-0.1, -0.05) is 29.5 Å². The van der Waals surface area contributed by atoms with Crippen molar-refractivity contribution in [1.82, 2.24) is 15.3 Å². The summed E-state index contributed by atoms with van der Waals surface area (Å²) >= 11 is 1.44. The Balaban J connectivity index is 1.47. The van der Waals surface area contributed by atoms with Crippen LogP contribution in [0.4, 0.5) is 18.3 Å². The van der Waals surface area contributed by atoms with Gasteiger partial charge in [-0.05, 0) is 42.4 Å². The number of thiazole rings is 1. The van der Waals surface area contributed by atoms with Crippen molar-refractivity contribution in [1.29, 1.82) is 0 Å². The highest BCUT2D eigenvalue weighted by Gasteiger charge is 2.31. The number of aromatic amines is 1. The molecule has 2 heterocycles. The Morgan fingerprint density at radius 2 is 1.97 bits per heavy atom. The summed E-state index contributed by atoms with van der Waals surface area (Å²) in [6, 6.07) is 10.5. The summed E-state index contributed by atoms with van der Waals surface area (Å²) in [7, 11) is 3.36. The summed E-state index contributed by atoms with van der Waals surface area (Å²) < 4.78 is 49.3. The fraction of sp³-hybridized carbons (Fsp3) is 0.304. The van der Waals surface area contributed by atoms with E-state index in [2.05, 4.69) is 20.6 Å². The van der Waals surface area contributed by atoms with Crippen molar-refractivity contribution in [3.8, 4) is 10.4 Å². The van der Waals surface area contributed by atoms with Gasteiger partial charge < -0.3 is 19.8 Å². The Morgan fingerprint density at radius 1 is 1.21 bits per heavy atom. The molecule has 11 heteroatoms. The highest BCUT2D eigenvalue weighted by Crippen LogP contribution is 2.32. The van der Waals surface area contributed by atoms with Crippen molar-refractivity contribution in [2.24, 2.45) is 0 Å². The van der Waals surface area contributed by atoms with Crippen LogP contribution in [0.25, 0.3) is 21.5 Å². The van der Waals surface area contributed by atoms with Gasteiger partial charge in [0.1, 0.15) is 0 Å². The molecule has 2 atom stereocenters. The van der Waals surface area contributed by atoms with Crippen LogP contribution in [0.2, 0.25) is 0 Å². The van der Waals surface area contributed by atoms with Gasteiger partial charge in [0.15, 0.2) is 10.7 Å². The number of oxazole rings is 1. The van der Waals surface area contributed by atoms with Crippen molar-refractivity contribution in [2.75, 3.05) is 32.6 Å². The molecule has 0 saturated carbocycles. The van der Waals surface area contributed by atoms with E-state index in [1.807, 2.05) is 6.07 Å². The number of benzene rings is 2.